The number of ether oxygens (including phenoxy) is 3. The maximum atomic E-state index is 13.5. The van der Waals surface area contributed by atoms with Gasteiger partial charge in [-0.15, -0.1) is 0 Å². The van der Waals surface area contributed by atoms with Crippen molar-refractivity contribution < 1.29 is 47.0 Å². The van der Waals surface area contributed by atoms with Gasteiger partial charge in [-0.3, -0.25) is 9.05 Å². The largest absolute Gasteiger partial charge is 0.485 e. The highest BCUT2D eigenvalue weighted by molar-refractivity contribution is 7.48. The minimum absolute atomic E-state index is 0.00777. The Bertz CT molecular complexity index is 1420. The fourth-order valence-corrected chi connectivity index (χ4v) is 5.55. The minimum Gasteiger partial charge on any atom is -0.485 e. The van der Waals surface area contributed by atoms with E-state index in [0.717, 1.165) is 11.1 Å². The molecule has 0 fully saturated rings. The first-order chi connectivity index (χ1) is 21.1. The van der Waals surface area contributed by atoms with Gasteiger partial charge >= 0.3 is 19.9 Å². The van der Waals surface area contributed by atoms with Crippen LogP contribution in [0.15, 0.2) is 78.9 Å². The monoisotopic (exact) mass is 643 g/mol. The molecule has 12 heteroatoms. The Morgan fingerprint density at radius 1 is 0.756 bits per heavy atom. The molecule has 11 nitrogen and oxygen atoms in total. The van der Waals surface area contributed by atoms with Gasteiger partial charge in [0.15, 0.2) is 11.5 Å². The Hall–Kier alpha value is -3.89. The highest BCUT2D eigenvalue weighted by Crippen LogP contribution is 2.55. The summed E-state index contributed by atoms with van der Waals surface area (Å²) in [5, 5.41) is 12.2. The number of carboxylic acid groups (broad SMARTS) is 1. The smallest absolute Gasteiger partial charge is 0.478 e. The van der Waals surface area contributed by atoms with Gasteiger partial charge in [-0.1, -0.05) is 66.7 Å². The molecule has 0 saturated carbocycles. The minimum atomic E-state index is -4.08. The second kappa shape index (κ2) is 15.9. The number of carboxylic acids is 1. The van der Waals surface area contributed by atoms with E-state index in [2.05, 4.69) is 5.32 Å². The number of rotatable bonds is 15. The van der Waals surface area contributed by atoms with Crippen molar-refractivity contribution in [2.75, 3.05) is 6.79 Å². The van der Waals surface area contributed by atoms with Gasteiger partial charge in [-0.05, 0) is 70.4 Å². The molecule has 244 valence electrons. The van der Waals surface area contributed by atoms with Crippen LogP contribution in [0.4, 0.5) is 4.79 Å². The van der Waals surface area contributed by atoms with Gasteiger partial charge < -0.3 is 24.6 Å². The van der Waals surface area contributed by atoms with Crippen molar-refractivity contribution >= 4 is 19.9 Å². The van der Waals surface area contributed by atoms with E-state index < -0.39 is 43.9 Å². The number of benzene rings is 3. The van der Waals surface area contributed by atoms with Crippen LogP contribution in [-0.2, 0) is 47.3 Å². The number of carbonyl (C=O) groups is 2. The number of nitrogens with one attached hydrogen (secondary N) is 1. The lowest BCUT2D eigenvalue weighted by molar-refractivity contribution is -0.139. The molecule has 3 rings (SSSR count). The van der Waals surface area contributed by atoms with E-state index in [1.54, 1.807) is 71.9 Å². The molecule has 0 aliphatic rings. The first-order valence-corrected chi connectivity index (χ1v) is 15.9. The summed E-state index contributed by atoms with van der Waals surface area (Å²) in [5.74, 6) is -0.727. The molecule has 0 aromatic heterocycles. The molecule has 0 heterocycles. The van der Waals surface area contributed by atoms with Gasteiger partial charge in [-0.2, -0.15) is 0 Å². The number of phosphoric ester groups is 1. The van der Waals surface area contributed by atoms with Crippen LogP contribution >= 0.6 is 7.82 Å². The highest BCUT2D eigenvalue weighted by atomic mass is 31.2. The molecular weight excluding hydrogens is 601 g/mol. The van der Waals surface area contributed by atoms with E-state index in [9.17, 15) is 19.3 Å². The number of phosphoric acid groups is 1. The van der Waals surface area contributed by atoms with Crippen molar-refractivity contribution in [3.8, 4) is 11.5 Å². The lowest BCUT2D eigenvalue weighted by Crippen LogP contribution is -2.42. The summed E-state index contributed by atoms with van der Waals surface area (Å²) < 4.78 is 47.4. The molecule has 1 amide bonds. The number of hydrogen-bond donors (Lipinski definition) is 2. The van der Waals surface area contributed by atoms with Crippen LogP contribution in [0.2, 0.25) is 0 Å². The summed E-state index contributed by atoms with van der Waals surface area (Å²) in [6.45, 7) is 10.0. The molecule has 0 aliphatic heterocycles. The Balaban J connectivity index is 1.76. The first kappa shape index (κ1) is 35.6. The van der Waals surface area contributed by atoms with Crippen LogP contribution in [0.3, 0.4) is 0 Å². The molecule has 0 spiro atoms. The van der Waals surface area contributed by atoms with E-state index in [0.29, 0.717) is 11.3 Å². The quantitative estimate of drug-likeness (QED) is 0.128. The standard InChI is InChI=1S/C33H42NO10P/c1-32(2,3)43-45(38,44-33(4,5)6)42-23-41-29-20-26(17-18-28(29)39-21-24-13-9-7-10-14-24)19-27(30(35)36)34-31(37)40-22-25-15-11-8-12-16-25/h7-18,20,27H,19,21-23H2,1-6H3,(H,34,37)(H,35,36). The summed E-state index contributed by atoms with van der Waals surface area (Å²) in [6, 6.07) is 22.1. The van der Waals surface area contributed by atoms with E-state index in [4.69, 9.17) is 27.8 Å². The molecule has 0 saturated heterocycles. The fourth-order valence-electron chi connectivity index (χ4n) is 3.89. The predicted octanol–water partition coefficient (Wildman–Crippen LogP) is 7.28. The lowest BCUT2D eigenvalue weighted by Gasteiger charge is -2.30. The number of alkyl carbamates (subject to hydrolysis) is 1. The summed E-state index contributed by atoms with van der Waals surface area (Å²) >= 11 is 0. The van der Waals surface area contributed by atoms with Crippen molar-refractivity contribution in [3.05, 3.63) is 95.6 Å². The maximum absolute atomic E-state index is 13.5. The lowest BCUT2D eigenvalue weighted by atomic mass is 10.1. The first-order valence-electron chi connectivity index (χ1n) is 14.4. The molecule has 3 aromatic carbocycles. The van der Waals surface area contributed by atoms with E-state index in [1.165, 1.54) is 0 Å². The number of carbonyl (C=O) groups excluding carboxylic acids is 1. The van der Waals surface area contributed by atoms with Crippen LogP contribution in [0.5, 0.6) is 11.5 Å². The number of aliphatic carboxylic acids is 1. The zero-order valence-corrected chi connectivity index (χ0v) is 27.4. The zero-order valence-electron chi connectivity index (χ0n) is 26.5. The third-order valence-corrected chi connectivity index (χ3v) is 7.65. The van der Waals surface area contributed by atoms with Crippen LogP contribution in [0.1, 0.15) is 58.2 Å². The second-order valence-corrected chi connectivity index (χ2v) is 13.6. The Kier molecular flexibility index (Phi) is 12.6. The van der Waals surface area contributed by atoms with Crippen LogP contribution in [-0.4, -0.2) is 41.2 Å². The van der Waals surface area contributed by atoms with Crippen molar-refractivity contribution in [1.29, 1.82) is 0 Å². The molecule has 1 unspecified atom stereocenters. The fraction of sp³-hybridized carbons (Fsp3) is 0.394. The van der Waals surface area contributed by atoms with Crippen molar-refractivity contribution in [3.63, 3.8) is 0 Å². The number of amides is 1. The average molecular weight is 644 g/mol. The summed E-state index contributed by atoms with van der Waals surface area (Å²) in [4.78, 5) is 24.4. The van der Waals surface area contributed by atoms with E-state index >= 15 is 0 Å². The third-order valence-electron chi connectivity index (χ3n) is 5.68. The van der Waals surface area contributed by atoms with Gasteiger partial charge in [0.05, 0.1) is 11.2 Å². The summed E-state index contributed by atoms with van der Waals surface area (Å²) in [5.41, 5.74) is 0.500. The van der Waals surface area contributed by atoms with Crippen molar-refractivity contribution in [2.45, 2.75) is 78.4 Å². The highest BCUT2D eigenvalue weighted by Gasteiger charge is 2.37. The SMILES string of the molecule is CC(C)(C)OP(=O)(OCOc1cc(CC(NC(=O)OCc2ccccc2)C(=O)O)ccc1OCc1ccccc1)OC(C)(C)C. The maximum Gasteiger partial charge on any atom is 0.478 e. The van der Waals surface area contributed by atoms with Crippen molar-refractivity contribution in [1.82, 2.24) is 5.32 Å². The molecule has 0 radical (unpaired) electrons. The zero-order chi connectivity index (χ0) is 33.1. The molecule has 45 heavy (non-hydrogen) atoms. The van der Waals surface area contributed by atoms with Crippen LogP contribution in [0.25, 0.3) is 0 Å². The van der Waals surface area contributed by atoms with E-state index in [1.807, 2.05) is 48.5 Å². The van der Waals surface area contributed by atoms with E-state index in [-0.39, 0.29) is 25.4 Å². The summed E-state index contributed by atoms with van der Waals surface area (Å²) in [7, 11) is -4.08. The molecular formula is C33H42NO10P. The Labute approximate surface area is 264 Å². The third kappa shape index (κ3) is 13.3. The average Bonchev–Trinajstić information content (AvgIpc) is 2.94. The Morgan fingerprint density at radius 3 is 1.84 bits per heavy atom. The van der Waals surface area contributed by atoms with Gasteiger partial charge in [0.2, 0.25) is 6.79 Å². The molecule has 0 bridgehead atoms. The molecule has 1 atom stereocenters. The topological polar surface area (TPSA) is 139 Å². The molecule has 2 N–H and O–H groups in total. The second-order valence-electron chi connectivity index (χ2n) is 12.1. The van der Waals surface area contributed by atoms with Crippen molar-refractivity contribution in [2.24, 2.45) is 0 Å². The normalized spacial score (nSPS) is 12.7. The predicted molar refractivity (Wildman–Crippen MR) is 168 cm³/mol. The number of hydrogen-bond acceptors (Lipinski definition) is 9. The van der Waals surface area contributed by atoms with Gasteiger partial charge in [0, 0.05) is 6.42 Å². The Morgan fingerprint density at radius 2 is 1.31 bits per heavy atom. The molecule has 3 aromatic rings. The van der Waals surface area contributed by atoms with Gasteiger partial charge in [-0.25, -0.2) is 18.7 Å². The van der Waals surface area contributed by atoms with Gasteiger partial charge in [0.1, 0.15) is 19.3 Å². The van der Waals surface area contributed by atoms with Gasteiger partial charge in [0.25, 0.3) is 0 Å². The summed E-state index contributed by atoms with van der Waals surface area (Å²) in [6.07, 6.45) is -0.961. The van der Waals surface area contributed by atoms with Crippen LogP contribution < -0.4 is 14.8 Å². The van der Waals surface area contributed by atoms with Crippen LogP contribution in [0, 0.1) is 0 Å². The molecule has 0 aliphatic carbocycles.